The smallest absolute Gasteiger partial charge is 0.306 e. The minimum atomic E-state index is -0.106. The summed E-state index contributed by atoms with van der Waals surface area (Å²) in [6, 6.07) is 0. The molecule has 4 unspecified atom stereocenters. The monoisotopic (exact) mass is 526 g/mol. The molecule has 0 spiro atoms. The molecule has 216 valence electrons. The molecule has 3 nitrogen and oxygen atoms in total. The van der Waals surface area contributed by atoms with Gasteiger partial charge >= 0.3 is 5.97 Å². The van der Waals surface area contributed by atoms with Crippen molar-refractivity contribution in [2.24, 2.45) is 46.3 Å². The maximum Gasteiger partial charge on any atom is 0.306 e. The highest BCUT2D eigenvalue weighted by Gasteiger charge is 2.59. The third-order valence-electron chi connectivity index (χ3n) is 11.9. The van der Waals surface area contributed by atoms with E-state index in [-0.39, 0.29) is 17.9 Å². The molecule has 3 fully saturated rings. The first-order valence-electron chi connectivity index (χ1n) is 16.5. The minimum Gasteiger partial charge on any atom is -0.462 e. The predicted molar refractivity (Wildman–Crippen MR) is 157 cm³/mol. The molecule has 0 aromatic heterocycles. The van der Waals surface area contributed by atoms with Crippen LogP contribution >= 0.6 is 0 Å². The number of Topliss-reactive ketones (excluding diaryl/α,β-unsaturated/α-hetero) is 1. The van der Waals surface area contributed by atoms with Crippen molar-refractivity contribution in [3.63, 3.8) is 0 Å². The molecule has 38 heavy (non-hydrogen) atoms. The average molecular weight is 527 g/mol. The van der Waals surface area contributed by atoms with E-state index in [0.717, 1.165) is 61.2 Å². The number of carbonyl (C=O) groups is 2. The van der Waals surface area contributed by atoms with E-state index < -0.39 is 0 Å². The number of hydrogen-bond acceptors (Lipinski definition) is 3. The Kier molecular flexibility index (Phi) is 9.89. The van der Waals surface area contributed by atoms with E-state index in [4.69, 9.17) is 4.74 Å². The van der Waals surface area contributed by atoms with E-state index in [1.807, 2.05) is 6.92 Å². The number of allylic oxidation sites excluding steroid dienone is 1. The zero-order valence-corrected chi connectivity index (χ0v) is 25.7. The fourth-order valence-corrected chi connectivity index (χ4v) is 9.83. The van der Waals surface area contributed by atoms with Crippen LogP contribution < -0.4 is 0 Å². The fourth-order valence-electron chi connectivity index (χ4n) is 9.83. The summed E-state index contributed by atoms with van der Waals surface area (Å²) in [5, 5.41) is 0. The Morgan fingerprint density at radius 3 is 2.47 bits per heavy atom. The van der Waals surface area contributed by atoms with Crippen molar-refractivity contribution in [3.8, 4) is 0 Å². The summed E-state index contributed by atoms with van der Waals surface area (Å²) in [5.74, 6) is 5.30. The number of hydrogen-bond donors (Lipinski definition) is 0. The summed E-state index contributed by atoms with van der Waals surface area (Å²) in [6.07, 6.45) is 19.9. The van der Waals surface area contributed by atoms with Crippen molar-refractivity contribution in [2.75, 3.05) is 0 Å². The van der Waals surface area contributed by atoms with Crippen molar-refractivity contribution in [1.29, 1.82) is 0 Å². The van der Waals surface area contributed by atoms with Crippen LogP contribution in [0.4, 0.5) is 0 Å². The fraction of sp³-hybridized carbons (Fsp3) is 0.886. The Morgan fingerprint density at radius 2 is 1.74 bits per heavy atom. The molecule has 0 aliphatic heterocycles. The number of ketones is 1. The van der Waals surface area contributed by atoms with Crippen LogP contribution in [0, 0.1) is 46.3 Å². The number of carbonyl (C=O) groups excluding carboxylic acids is 2. The van der Waals surface area contributed by atoms with E-state index in [0.29, 0.717) is 36.5 Å². The Hall–Kier alpha value is -1.12. The molecule has 4 aliphatic rings. The van der Waals surface area contributed by atoms with Gasteiger partial charge in [0, 0.05) is 25.7 Å². The molecule has 0 bridgehead atoms. The highest BCUT2D eigenvalue weighted by Crippen LogP contribution is 2.67. The van der Waals surface area contributed by atoms with Gasteiger partial charge in [0.25, 0.3) is 0 Å². The quantitative estimate of drug-likeness (QED) is 0.188. The van der Waals surface area contributed by atoms with Gasteiger partial charge in [0.05, 0.1) is 0 Å². The highest BCUT2D eigenvalue weighted by molar-refractivity contribution is 5.79. The lowest BCUT2D eigenvalue weighted by atomic mass is 9.47. The van der Waals surface area contributed by atoms with Crippen molar-refractivity contribution >= 4 is 11.8 Å². The largest absolute Gasteiger partial charge is 0.462 e. The summed E-state index contributed by atoms with van der Waals surface area (Å²) >= 11 is 0. The maximum absolute atomic E-state index is 12.5. The molecule has 0 N–H and O–H groups in total. The number of rotatable bonds is 12. The lowest BCUT2D eigenvalue weighted by Gasteiger charge is -2.58. The summed E-state index contributed by atoms with van der Waals surface area (Å²) in [6.45, 7) is 14.5. The first-order chi connectivity index (χ1) is 18.1. The van der Waals surface area contributed by atoms with Crippen molar-refractivity contribution in [2.45, 2.75) is 150 Å². The molecule has 0 aromatic rings. The van der Waals surface area contributed by atoms with Gasteiger partial charge in [0.1, 0.15) is 11.9 Å². The van der Waals surface area contributed by atoms with E-state index in [2.05, 4.69) is 40.7 Å². The molecule has 4 rings (SSSR count). The summed E-state index contributed by atoms with van der Waals surface area (Å²) in [7, 11) is 0. The third kappa shape index (κ3) is 6.27. The van der Waals surface area contributed by atoms with Gasteiger partial charge in [-0.05, 0) is 104 Å². The van der Waals surface area contributed by atoms with Gasteiger partial charge < -0.3 is 4.74 Å². The van der Waals surface area contributed by atoms with Crippen molar-refractivity contribution < 1.29 is 14.3 Å². The molecule has 0 aromatic carbocycles. The van der Waals surface area contributed by atoms with E-state index in [1.54, 1.807) is 5.57 Å². The second-order valence-corrected chi connectivity index (χ2v) is 14.8. The Labute approximate surface area is 234 Å². The molecule has 0 radical (unpaired) electrons. The standard InChI is InChI=1S/C35H58O3/c1-7-10-27(36)13-9-14-33(37)38-28-19-21-34(5)26(23-28)15-16-29-31-18-17-30(25(4)12-8-11-24(2)3)35(31,6)22-20-32(29)34/h15,24-25,28-32H,7-14,16-23H2,1-6H3/t25-,28+,29-,30?,31+,32?,34?,35?/m1/s1. The molecular formula is C35H58O3. The van der Waals surface area contributed by atoms with E-state index >= 15 is 0 Å². The van der Waals surface area contributed by atoms with Gasteiger partial charge in [-0.15, -0.1) is 0 Å². The van der Waals surface area contributed by atoms with Gasteiger partial charge in [0.15, 0.2) is 0 Å². The highest BCUT2D eigenvalue weighted by atomic mass is 16.5. The number of esters is 1. The molecule has 3 heteroatoms. The third-order valence-corrected chi connectivity index (χ3v) is 11.9. The van der Waals surface area contributed by atoms with Gasteiger partial charge in [-0.2, -0.15) is 0 Å². The van der Waals surface area contributed by atoms with Crippen LogP contribution in [0.2, 0.25) is 0 Å². The van der Waals surface area contributed by atoms with E-state index in [9.17, 15) is 9.59 Å². The Morgan fingerprint density at radius 1 is 0.947 bits per heavy atom. The van der Waals surface area contributed by atoms with Crippen molar-refractivity contribution in [3.05, 3.63) is 11.6 Å². The topological polar surface area (TPSA) is 43.4 Å². The molecular weight excluding hydrogens is 468 g/mol. The van der Waals surface area contributed by atoms with Crippen LogP contribution in [0.5, 0.6) is 0 Å². The Balaban J connectivity index is 1.34. The maximum atomic E-state index is 12.5. The van der Waals surface area contributed by atoms with Crippen LogP contribution in [0.15, 0.2) is 11.6 Å². The minimum absolute atomic E-state index is 0.0288. The lowest BCUT2D eigenvalue weighted by Crippen LogP contribution is -2.51. The van der Waals surface area contributed by atoms with Crippen molar-refractivity contribution in [1.82, 2.24) is 0 Å². The average Bonchev–Trinajstić information content (AvgIpc) is 3.21. The Bertz CT molecular complexity index is 857. The van der Waals surface area contributed by atoms with Crippen LogP contribution in [0.1, 0.15) is 144 Å². The molecule has 8 atom stereocenters. The summed E-state index contributed by atoms with van der Waals surface area (Å²) in [5.41, 5.74) is 2.41. The molecule has 0 saturated heterocycles. The normalized spacial score (nSPS) is 37.1. The van der Waals surface area contributed by atoms with Gasteiger partial charge in [-0.1, -0.05) is 72.5 Å². The molecule has 4 aliphatic carbocycles. The molecule has 0 heterocycles. The van der Waals surface area contributed by atoms with E-state index in [1.165, 1.54) is 51.4 Å². The number of fused-ring (bicyclic) bond motifs is 5. The first kappa shape index (κ1) is 29.9. The van der Waals surface area contributed by atoms with Gasteiger partial charge in [0.2, 0.25) is 0 Å². The summed E-state index contributed by atoms with van der Waals surface area (Å²) < 4.78 is 5.94. The zero-order chi connectivity index (χ0) is 27.5. The predicted octanol–water partition coefficient (Wildman–Crippen LogP) is 9.48. The van der Waals surface area contributed by atoms with Crippen LogP contribution in [0.25, 0.3) is 0 Å². The van der Waals surface area contributed by atoms with Crippen LogP contribution in [-0.4, -0.2) is 17.9 Å². The summed E-state index contributed by atoms with van der Waals surface area (Å²) in [4.78, 5) is 24.3. The number of ether oxygens (including phenoxy) is 1. The molecule has 3 saturated carbocycles. The first-order valence-corrected chi connectivity index (χ1v) is 16.5. The van der Waals surface area contributed by atoms with Crippen LogP contribution in [0.3, 0.4) is 0 Å². The second kappa shape index (κ2) is 12.6. The van der Waals surface area contributed by atoms with Crippen LogP contribution in [-0.2, 0) is 14.3 Å². The van der Waals surface area contributed by atoms with Gasteiger partial charge in [-0.3, -0.25) is 9.59 Å². The molecule has 0 amide bonds. The SMILES string of the molecule is CCCC(=O)CCCC(=O)O[C@H]1CCC2(C)C(=CC[C@H]3C2CCC2(C)C([C@H](C)CCCC(C)C)CC[C@@H]32)C1. The zero-order valence-electron chi connectivity index (χ0n) is 25.7. The van der Waals surface area contributed by atoms with Gasteiger partial charge in [-0.25, -0.2) is 0 Å². The lowest BCUT2D eigenvalue weighted by molar-refractivity contribution is -0.151. The second-order valence-electron chi connectivity index (χ2n) is 14.8.